The fourth-order valence-corrected chi connectivity index (χ4v) is 2.46. The lowest BCUT2D eigenvalue weighted by molar-refractivity contribution is -0.122. The molecule has 1 atom stereocenters. The summed E-state index contributed by atoms with van der Waals surface area (Å²) < 4.78 is 0. The van der Waals surface area contributed by atoms with E-state index in [0.29, 0.717) is 12.1 Å². The molecule has 1 aromatic rings. The first-order chi connectivity index (χ1) is 9.34. The second-order valence-electron chi connectivity index (χ2n) is 6.29. The number of hydrogen-bond acceptors (Lipinski definition) is 2. The summed E-state index contributed by atoms with van der Waals surface area (Å²) in [6.45, 7) is 10.0. The first-order valence-corrected chi connectivity index (χ1v) is 6.93. The molecule has 0 saturated carbocycles. The third-order valence-corrected chi connectivity index (χ3v) is 3.68. The maximum absolute atomic E-state index is 12.2. The number of rotatable bonds is 3. The number of imide groups is 1. The Morgan fingerprint density at radius 2 is 1.85 bits per heavy atom. The molecule has 1 aliphatic rings. The first kappa shape index (κ1) is 14.5. The molecular weight excluding hydrogens is 250 g/mol. The molecule has 1 fully saturated rings. The minimum absolute atomic E-state index is 0.0585. The van der Waals surface area contributed by atoms with E-state index in [-0.39, 0.29) is 29.6 Å². The predicted octanol–water partition coefficient (Wildman–Crippen LogP) is 3.44. The molecule has 0 aromatic heterocycles. The average Bonchev–Trinajstić information content (AvgIpc) is 2.64. The fraction of sp³-hybridized carbons (Fsp3) is 0.412. The average molecular weight is 271 g/mol. The van der Waals surface area contributed by atoms with Crippen LogP contribution in [-0.4, -0.2) is 11.8 Å². The molecule has 1 heterocycles. The minimum Gasteiger partial charge on any atom is -0.274 e. The van der Waals surface area contributed by atoms with Gasteiger partial charge in [0.1, 0.15) is 0 Å². The second kappa shape index (κ2) is 5.23. The van der Waals surface area contributed by atoms with Crippen molar-refractivity contribution in [2.24, 2.45) is 5.92 Å². The van der Waals surface area contributed by atoms with Crippen molar-refractivity contribution in [3.63, 3.8) is 0 Å². The van der Waals surface area contributed by atoms with Crippen LogP contribution >= 0.6 is 0 Å². The molecule has 106 valence electrons. The van der Waals surface area contributed by atoms with E-state index in [2.05, 4.69) is 27.4 Å². The van der Waals surface area contributed by atoms with E-state index in [0.717, 1.165) is 0 Å². The Balaban J connectivity index is 2.26. The van der Waals surface area contributed by atoms with Gasteiger partial charge in [0, 0.05) is 6.42 Å². The van der Waals surface area contributed by atoms with Crippen molar-refractivity contribution in [2.75, 3.05) is 4.90 Å². The van der Waals surface area contributed by atoms with Crippen LogP contribution < -0.4 is 4.90 Å². The fourth-order valence-electron chi connectivity index (χ4n) is 2.46. The summed E-state index contributed by atoms with van der Waals surface area (Å²) in [6.07, 6.45) is 2.54. The van der Waals surface area contributed by atoms with E-state index < -0.39 is 0 Å². The standard InChI is InChI=1S/C17H21NO2/c1-5-6-12-11-15(19)18(16(12)20)14-9-7-13(8-10-14)17(2,3)4/h5,7-10,12H,1,6,11H2,2-4H3/t12-/m0/s1. The van der Waals surface area contributed by atoms with Crippen molar-refractivity contribution < 1.29 is 9.59 Å². The normalized spacial score (nSPS) is 19.6. The molecule has 2 amide bonds. The minimum atomic E-state index is -0.248. The smallest absolute Gasteiger partial charge is 0.237 e. The zero-order chi connectivity index (χ0) is 14.9. The summed E-state index contributed by atoms with van der Waals surface area (Å²) in [5, 5.41) is 0. The monoisotopic (exact) mass is 271 g/mol. The third kappa shape index (κ3) is 2.67. The molecule has 3 heteroatoms. The van der Waals surface area contributed by atoms with Crippen molar-refractivity contribution in [1.29, 1.82) is 0 Å². The largest absolute Gasteiger partial charge is 0.274 e. The molecule has 3 nitrogen and oxygen atoms in total. The van der Waals surface area contributed by atoms with E-state index in [1.165, 1.54) is 10.5 Å². The molecule has 1 aromatic carbocycles. The topological polar surface area (TPSA) is 37.4 Å². The van der Waals surface area contributed by atoms with Crippen molar-refractivity contribution >= 4 is 17.5 Å². The van der Waals surface area contributed by atoms with Crippen molar-refractivity contribution in [3.8, 4) is 0 Å². The highest BCUT2D eigenvalue weighted by atomic mass is 16.2. The Bertz CT molecular complexity index is 537. The number of amides is 2. The number of hydrogen-bond donors (Lipinski definition) is 0. The van der Waals surface area contributed by atoms with Gasteiger partial charge in [-0.25, -0.2) is 0 Å². The van der Waals surface area contributed by atoms with Gasteiger partial charge >= 0.3 is 0 Å². The van der Waals surface area contributed by atoms with Gasteiger partial charge < -0.3 is 0 Å². The molecule has 1 aliphatic heterocycles. The maximum atomic E-state index is 12.2. The van der Waals surface area contributed by atoms with Crippen LogP contribution in [0.3, 0.4) is 0 Å². The molecule has 1 saturated heterocycles. The van der Waals surface area contributed by atoms with Crippen LogP contribution in [0.25, 0.3) is 0 Å². The molecule has 20 heavy (non-hydrogen) atoms. The molecule has 0 radical (unpaired) electrons. The number of benzene rings is 1. The van der Waals surface area contributed by atoms with Crippen LogP contribution in [0.4, 0.5) is 5.69 Å². The summed E-state index contributed by atoms with van der Waals surface area (Å²) in [4.78, 5) is 25.6. The van der Waals surface area contributed by atoms with Crippen molar-refractivity contribution in [3.05, 3.63) is 42.5 Å². The number of carbonyl (C=O) groups excluding carboxylic acids is 2. The van der Waals surface area contributed by atoms with E-state index >= 15 is 0 Å². The quantitative estimate of drug-likeness (QED) is 0.624. The predicted molar refractivity (Wildman–Crippen MR) is 80.6 cm³/mol. The summed E-state index contributed by atoms with van der Waals surface area (Å²) in [7, 11) is 0. The van der Waals surface area contributed by atoms with Crippen LogP contribution in [0.1, 0.15) is 39.2 Å². The van der Waals surface area contributed by atoms with Gasteiger partial charge in [0.15, 0.2) is 0 Å². The van der Waals surface area contributed by atoms with Gasteiger partial charge in [0.05, 0.1) is 11.6 Å². The Hall–Kier alpha value is -1.90. The molecule has 0 unspecified atom stereocenters. The van der Waals surface area contributed by atoms with Gasteiger partial charge in [-0.1, -0.05) is 39.0 Å². The molecule has 0 spiro atoms. The van der Waals surface area contributed by atoms with E-state index in [4.69, 9.17) is 0 Å². The Morgan fingerprint density at radius 1 is 1.25 bits per heavy atom. The molecule has 0 N–H and O–H groups in total. The van der Waals surface area contributed by atoms with Crippen molar-refractivity contribution in [2.45, 2.75) is 39.0 Å². The van der Waals surface area contributed by atoms with Gasteiger partial charge in [0.25, 0.3) is 0 Å². The summed E-state index contributed by atoms with van der Waals surface area (Å²) in [6, 6.07) is 7.67. The summed E-state index contributed by atoms with van der Waals surface area (Å²) in [5.74, 6) is -0.481. The molecule has 2 rings (SSSR count). The van der Waals surface area contributed by atoms with Gasteiger partial charge in [-0.15, -0.1) is 6.58 Å². The van der Waals surface area contributed by atoms with Gasteiger partial charge in [0.2, 0.25) is 11.8 Å². The molecule has 0 aliphatic carbocycles. The van der Waals surface area contributed by atoms with Crippen LogP contribution in [0.2, 0.25) is 0 Å². The first-order valence-electron chi connectivity index (χ1n) is 6.93. The number of nitrogens with zero attached hydrogens (tertiary/aromatic N) is 1. The zero-order valence-corrected chi connectivity index (χ0v) is 12.3. The number of anilines is 1. The van der Waals surface area contributed by atoms with E-state index in [1.807, 2.05) is 24.3 Å². The highest BCUT2D eigenvalue weighted by molar-refractivity contribution is 6.20. The van der Waals surface area contributed by atoms with Gasteiger partial charge in [-0.2, -0.15) is 0 Å². The highest BCUT2D eigenvalue weighted by Gasteiger charge is 2.38. The van der Waals surface area contributed by atoms with E-state index in [1.54, 1.807) is 6.08 Å². The Labute approximate surface area is 120 Å². The SMILES string of the molecule is C=CC[C@H]1CC(=O)N(c2ccc(C(C)(C)C)cc2)C1=O. The molecule has 0 bridgehead atoms. The van der Waals surface area contributed by atoms with Crippen LogP contribution in [0.5, 0.6) is 0 Å². The Kier molecular flexibility index (Phi) is 3.80. The van der Waals surface area contributed by atoms with Gasteiger partial charge in [-0.05, 0) is 29.5 Å². The van der Waals surface area contributed by atoms with Gasteiger partial charge in [-0.3, -0.25) is 14.5 Å². The maximum Gasteiger partial charge on any atom is 0.237 e. The Morgan fingerprint density at radius 3 is 2.35 bits per heavy atom. The zero-order valence-electron chi connectivity index (χ0n) is 12.3. The third-order valence-electron chi connectivity index (χ3n) is 3.68. The lowest BCUT2D eigenvalue weighted by Gasteiger charge is -2.21. The van der Waals surface area contributed by atoms with Crippen LogP contribution in [-0.2, 0) is 15.0 Å². The highest BCUT2D eigenvalue weighted by Crippen LogP contribution is 2.30. The number of carbonyl (C=O) groups is 2. The van der Waals surface area contributed by atoms with Crippen LogP contribution in [0.15, 0.2) is 36.9 Å². The van der Waals surface area contributed by atoms with E-state index in [9.17, 15) is 9.59 Å². The summed E-state index contributed by atoms with van der Waals surface area (Å²) >= 11 is 0. The summed E-state index contributed by atoms with van der Waals surface area (Å²) in [5.41, 5.74) is 1.91. The number of allylic oxidation sites excluding steroid dienone is 1. The van der Waals surface area contributed by atoms with Crippen molar-refractivity contribution in [1.82, 2.24) is 0 Å². The second-order valence-corrected chi connectivity index (χ2v) is 6.29. The lowest BCUT2D eigenvalue weighted by atomic mass is 9.87. The molecular formula is C17H21NO2. The van der Waals surface area contributed by atoms with Crippen LogP contribution in [0, 0.1) is 5.92 Å². The lowest BCUT2D eigenvalue weighted by Crippen LogP contribution is -2.30.